The van der Waals surface area contributed by atoms with Crippen molar-refractivity contribution >= 4 is 10.2 Å². The molecule has 6 nitrogen and oxygen atoms in total. The van der Waals surface area contributed by atoms with Crippen molar-refractivity contribution in [2.45, 2.75) is 37.8 Å². The molecule has 3 rings (SSSR count). The number of rotatable bonds is 4. The molecule has 0 aromatic carbocycles. The first-order valence-corrected chi connectivity index (χ1v) is 8.86. The van der Waals surface area contributed by atoms with Crippen LogP contribution in [0.15, 0.2) is 22.8 Å². The molecule has 3 heterocycles. The summed E-state index contributed by atoms with van der Waals surface area (Å²) in [6, 6.07) is 3.52. The minimum Gasteiger partial charge on any atom is -0.468 e. The van der Waals surface area contributed by atoms with Crippen molar-refractivity contribution in [1.82, 2.24) is 8.61 Å². The lowest BCUT2D eigenvalue weighted by atomic mass is 10.1. The van der Waals surface area contributed by atoms with Crippen molar-refractivity contribution in [2.24, 2.45) is 0 Å². The molecule has 2 aliphatic heterocycles. The van der Waals surface area contributed by atoms with Gasteiger partial charge in [-0.3, -0.25) is 0 Å². The van der Waals surface area contributed by atoms with Crippen molar-refractivity contribution < 1.29 is 17.6 Å². The fourth-order valence-corrected chi connectivity index (χ4v) is 4.99. The van der Waals surface area contributed by atoms with E-state index in [0.29, 0.717) is 19.8 Å². The second-order valence-electron chi connectivity index (χ2n) is 5.65. The van der Waals surface area contributed by atoms with Gasteiger partial charge in [-0.25, -0.2) is 0 Å². The number of furan rings is 1. The molecule has 1 atom stereocenters. The smallest absolute Gasteiger partial charge is 0.282 e. The molecule has 1 aromatic rings. The van der Waals surface area contributed by atoms with Gasteiger partial charge < -0.3 is 9.15 Å². The lowest BCUT2D eigenvalue weighted by molar-refractivity contribution is 0.0616. The van der Waals surface area contributed by atoms with Gasteiger partial charge in [0.15, 0.2) is 0 Å². The normalized spacial score (nSPS) is 25.7. The molecule has 0 spiro atoms. The highest BCUT2D eigenvalue weighted by Gasteiger charge is 2.41. The van der Waals surface area contributed by atoms with E-state index in [1.807, 2.05) is 6.07 Å². The first-order chi connectivity index (χ1) is 10.1. The summed E-state index contributed by atoms with van der Waals surface area (Å²) in [5, 5.41) is 0. The zero-order valence-corrected chi connectivity index (χ0v) is 13.1. The molecule has 0 N–H and O–H groups in total. The summed E-state index contributed by atoms with van der Waals surface area (Å²) in [5.74, 6) is 0.733. The fraction of sp³-hybridized carbons (Fsp3) is 0.714. The highest BCUT2D eigenvalue weighted by atomic mass is 32.2. The third-order valence-electron chi connectivity index (χ3n) is 4.44. The Morgan fingerprint density at radius 3 is 2.71 bits per heavy atom. The summed E-state index contributed by atoms with van der Waals surface area (Å²) < 4.78 is 39.7. The number of nitrogens with zero attached hydrogens (tertiary/aromatic N) is 2. The van der Waals surface area contributed by atoms with E-state index in [4.69, 9.17) is 9.15 Å². The summed E-state index contributed by atoms with van der Waals surface area (Å²) >= 11 is 0. The maximum absolute atomic E-state index is 12.9. The molecule has 0 saturated carbocycles. The second-order valence-corrected chi connectivity index (χ2v) is 7.59. The van der Waals surface area contributed by atoms with Gasteiger partial charge in [0.2, 0.25) is 0 Å². The monoisotopic (exact) mass is 314 g/mol. The summed E-state index contributed by atoms with van der Waals surface area (Å²) in [4.78, 5) is 0. The topological polar surface area (TPSA) is 63.0 Å². The van der Waals surface area contributed by atoms with E-state index in [-0.39, 0.29) is 12.1 Å². The molecule has 2 aliphatic rings. The zero-order chi connectivity index (χ0) is 14.9. The lowest BCUT2D eigenvalue weighted by Gasteiger charge is -2.34. The van der Waals surface area contributed by atoms with E-state index in [1.54, 1.807) is 23.7 Å². The molecule has 0 unspecified atom stereocenters. The van der Waals surface area contributed by atoms with Crippen molar-refractivity contribution in [3.63, 3.8) is 0 Å². The van der Waals surface area contributed by atoms with E-state index >= 15 is 0 Å². The Morgan fingerprint density at radius 1 is 1.29 bits per heavy atom. The van der Waals surface area contributed by atoms with Gasteiger partial charge in [-0.2, -0.15) is 17.0 Å². The predicted octanol–water partition coefficient (Wildman–Crippen LogP) is 1.77. The third kappa shape index (κ3) is 2.88. The number of hydrogen-bond acceptors (Lipinski definition) is 4. The van der Waals surface area contributed by atoms with Gasteiger partial charge in [0.05, 0.1) is 12.3 Å². The van der Waals surface area contributed by atoms with Crippen LogP contribution in [0.5, 0.6) is 0 Å². The van der Waals surface area contributed by atoms with Crippen LogP contribution in [0.3, 0.4) is 0 Å². The average molecular weight is 314 g/mol. The van der Waals surface area contributed by atoms with Crippen LogP contribution in [0.4, 0.5) is 0 Å². The molecule has 1 aromatic heterocycles. The highest BCUT2D eigenvalue weighted by molar-refractivity contribution is 7.86. The van der Waals surface area contributed by atoms with Crippen molar-refractivity contribution in [2.75, 3.05) is 26.8 Å². The van der Waals surface area contributed by atoms with E-state index in [1.165, 1.54) is 4.31 Å². The molecule has 2 saturated heterocycles. The summed E-state index contributed by atoms with van der Waals surface area (Å²) in [6.07, 6.45) is 4.80. The van der Waals surface area contributed by atoms with Crippen molar-refractivity contribution in [3.8, 4) is 0 Å². The van der Waals surface area contributed by atoms with Gasteiger partial charge in [-0.1, -0.05) is 0 Å². The average Bonchev–Trinajstić information content (AvgIpc) is 3.17. The summed E-state index contributed by atoms with van der Waals surface area (Å²) in [6.45, 7) is 1.82. The van der Waals surface area contributed by atoms with Crippen LogP contribution in [0.25, 0.3) is 0 Å². The molecular weight excluding hydrogens is 292 g/mol. The quantitative estimate of drug-likeness (QED) is 0.850. The minimum absolute atomic E-state index is 0.0293. The van der Waals surface area contributed by atoms with Gasteiger partial charge in [-0.15, -0.1) is 0 Å². The first-order valence-electron chi connectivity index (χ1n) is 7.46. The van der Waals surface area contributed by atoms with Gasteiger partial charge in [0.25, 0.3) is 10.2 Å². The standard InChI is InChI=1S/C14H22N2O4S/c1-15(12-6-10-19-11-7-12)21(17,18)16-8-2-4-13(16)14-5-3-9-20-14/h3,5,9,12-13H,2,4,6-8,10-11H2,1H3/t13-/m0/s1. The van der Waals surface area contributed by atoms with Crippen molar-refractivity contribution in [1.29, 1.82) is 0 Å². The first kappa shape index (κ1) is 15.0. The predicted molar refractivity (Wildman–Crippen MR) is 77.9 cm³/mol. The Morgan fingerprint density at radius 2 is 2.05 bits per heavy atom. The molecular formula is C14H22N2O4S. The van der Waals surface area contributed by atoms with Crippen LogP contribution in [0.2, 0.25) is 0 Å². The second kappa shape index (κ2) is 6.08. The molecule has 0 radical (unpaired) electrons. The molecule has 0 bridgehead atoms. The Bertz CT molecular complexity index is 552. The zero-order valence-electron chi connectivity index (χ0n) is 12.3. The Labute approximate surface area is 125 Å². The van der Waals surface area contributed by atoms with Crippen LogP contribution < -0.4 is 0 Å². The van der Waals surface area contributed by atoms with Gasteiger partial charge in [0, 0.05) is 32.8 Å². The molecule has 2 fully saturated rings. The maximum Gasteiger partial charge on any atom is 0.282 e. The van der Waals surface area contributed by atoms with Gasteiger partial charge in [0.1, 0.15) is 5.76 Å². The van der Waals surface area contributed by atoms with Crippen LogP contribution in [-0.4, -0.2) is 49.9 Å². The van der Waals surface area contributed by atoms with Gasteiger partial charge >= 0.3 is 0 Å². The van der Waals surface area contributed by atoms with E-state index in [9.17, 15) is 8.42 Å². The Balaban J connectivity index is 1.79. The summed E-state index contributed by atoms with van der Waals surface area (Å²) in [7, 11) is -1.78. The minimum atomic E-state index is -3.46. The van der Waals surface area contributed by atoms with Crippen LogP contribution >= 0.6 is 0 Å². The largest absolute Gasteiger partial charge is 0.468 e. The lowest BCUT2D eigenvalue weighted by Crippen LogP contribution is -2.47. The Kier molecular flexibility index (Phi) is 4.35. The molecule has 0 amide bonds. The van der Waals surface area contributed by atoms with Gasteiger partial charge in [-0.05, 0) is 37.8 Å². The highest BCUT2D eigenvalue weighted by Crippen LogP contribution is 2.36. The molecule has 7 heteroatoms. The number of ether oxygens (including phenoxy) is 1. The number of hydrogen-bond donors (Lipinski definition) is 0. The maximum atomic E-state index is 12.9. The van der Waals surface area contributed by atoms with E-state index in [0.717, 1.165) is 31.4 Å². The van der Waals surface area contributed by atoms with E-state index in [2.05, 4.69) is 0 Å². The van der Waals surface area contributed by atoms with E-state index < -0.39 is 10.2 Å². The summed E-state index contributed by atoms with van der Waals surface area (Å²) in [5.41, 5.74) is 0. The van der Waals surface area contributed by atoms with Crippen LogP contribution in [0, 0.1) is 0 Å². The fourth-order valence-electron chi connectivity index (χ4n) is 3.18. The third-order valence-corrected chi connectivity index (χ3v) is 6.50. The van der Waals surface area contributed by atoms with Crippen LogP contribution in [0.1, 0.15) is 37.5 Å². The Hall–Kier alpha value is -0.890. The molecule has 0 aliphatic carbocycles. The molecule has 21 heavy (non-hydrogen) atoms. The SMILES string of the molecule is CN(C1CCOCC1)S(=O)(=O)N1CCC[C@H]1c1ccco1. The van der Waals surface area contributed by atoms with Crippen molar-refractivity contribution in [3.05, 3.63) is 24.2 Å². The molecule has 118 valence electrons. The van der Waals surface area contributed by atoms with Crippen LogP contribution in [-0.2, 0) is 14.9 Å².